The second-order valence-electron chi connectivity index (χ2n) is 2.32. The third-order valence-corrected chi connectivity index (χ3v) is 2.07. The van der Waals surface area contributed by atoms with Gasteiger partial charge in [0.15, 0.2) is 11.4 Å². The molecule has 0 atom stereocenters. The van der Waals surface area contributed by atoms with Gasteiger partial charge in [0.05, 0.1) is 11.6 Å². The van der Waals surface area contributed by atoms with Crippen LogP contribution in [0.5, 0.6) is 5.75 Å². The van der Waals surface area contributed by atoms with Crippen molar-refractivity contribution in [3.63, 3.8) is 0 Å². The Kier molecular flexibility index (Phi) is 3.36. The third kappa shape index (κ3) is 1.99. The van der Waals surface area contributed by atoms with Crippen LogP contribution in [-0.2, 0) is 0 Å². The van der Waals surface area contributed by atoms with Gasteiger partial charge in [-0.15, -0.1) is 0 Å². The number of halogens is 3. The van der Waals surface area contributed by atoms with Gasteiger partial charge in [-0.3, -0.25) is 0 Å². The molecule has 1 rings (SSSR count). The van der Waals surface area contributed by atoms with Crippen LogP contribution in [0.3, 0.4) is 0 Å². The maximum atomic E-state index is 12.4. The molecule has 0 spiro atoms. The van der Waals surface area contributed by atoms with Gasteiger partial charge < -0.3 is 4.74 Å². The lowest BCUT2D eigenvalue weighted by atomic mass is 10.3. The number of hydrogen-bond donors (Lipinski definition) is 0. The minimum atomic E-state index is -2.77. The summed E-state index contributed by atoms with van der Waals surface area (Å²) in [5.74, 6) is -0.0426. The molecule has 0 saturated heterocycles. The third-order valence-electron chi connectivity index (χ3n) is 1.48. The van der Waals surface area contributed by atoms with Gasteiger partial charge in [-0.2, -0.15) is 5.26 Å². The Morgan fingerprint density at radius 3 is 2.71 bits per heavy atom. The first kappa shape index (κ1) is 10.9. The van der Waals surface area contributed by atoms with Crippen molar-refractivity contribution in [1.82, 2.24) is 4.98 Å². The first-order chi connectivity index (χ1) is 6.60. The van der Waals surface area contributed by atoms with Gasteiger partial charge in [0.1, 0.15) is 11.8 Å². The maximum absolute atomic E-state index is 12.4. The zero-order valence-corrected chi connectivity index (χ0v) is 8.68. The van der Waals surface area contributed by atoms with Crippen LogP contribution in [0, 0.1) is 11.3 Å². The summed E-state index contributed by atoms with van der Waals surface area (Å²) in [6.07, 6.45) is -2.77. The summed E-state index contributed by atoms with van der Waals surface area (Å²) in [6.45, 7) is 0. The lowest BCUT2D eigenvalue weighted by molar-refractivity contribution is 0.141. The molecule has 0 aliphatic heterocycles. The number of methoxy groups -OCH3 is 1. The van der Waals surface area contributed by atoms with Gasteiger partial charge in [-0.05, 0) is 22.0 Å². The van der Waals surface area contributed by atoms with Crippen molar-refractivity contribution in [2.45, 2.75) is 6.43 Å². The largest absolute Gasteiger partial charge is 0.493 e. The fraction of sp³-hybridized carbons (Fsp3) is 0.250. The molecular formula is C8H5BrF2N2O. The Balaban J connectivity index is 3.37. The van der Waals surface area contributed by atoms with Crippen molar-refractivity contribution in [2.75, 3.05) is 7.11 Å². The molecule has 0 N–H and O–H groups in total. The summed E-state index contributed by atoms with van der Waals surface area (Å²) in [6, 6.07) is 3.01. The highest BCUT2D eigenvalue weighted by atomic mass is 79.9. The van der Waals surface area contributed by atoms with Crippen LogP contribution >= 0.6 is 15.9 Å². The van der Waals surface area contributed by atoms with Crippen molar-refractivity contribution in [1.29, 1.82) is 5.26 Å². The van der Waals surface area contributed by atoms with E-state index in [0.717, 1.165) is 0 Å². The van der Waals surface area contributed by atoms with E-state index in [1.807, 2.05) is 0 Å². The Bertz CT molecular complexity index is 390. The van der Waals surface area contributed by atoms with Crippen LogP contribution in [0.15, 0.2) is 10.5 Å². The number of hydrogen-bond acceptors (Lipinski definition) is 3. The number of ether oxygens (including phenoxy) is 1. The smallest absolute Gasteiger partial charge is 0.284 e. The highest BCUT2D eigenvalue weighted by Crippen LogP contribution is 2.34. The zero-order valence-electron chi connectivity index (χ0n) is 7.09. The fourth-order valence-corrected chi connectivity index (χ4v) is 1.51. The summed E-state index contributed by atoms with van der Waals surface area (Å²) >= 11 is 3.02. The van der Waals surface area contributed by atoms with E-state index >= 15 is 0 Å². The Labute approximate surface area is 87.5 Å². The summed E-state index contributed by atoms with van der Waals surface area (Å²) in [7, 11) is 1.26. The van der Waals surface area contributed by atoms with Gasteiger partial charge in [0.25, 0.3) is 6.43 Å². The molecule has 0 saturated carbocycles. The van der Waals surface area contributed by atoms with Gasteiger partial charge in [0, 0.05) is 0 Å². The van der Waals surface area contributed by atoms with Crippen molar-refractivity contribution in [2.24, 2.45) is 0 Å². The summed E-state index contributed by atoms with van der Waals surface area (Å²) in [5.41, 5.74) is -0.605. The van der Waals surface area contributed by atoms with Crippen molar-refractivity contribution < 1.29 is 13.5 Å². The molecular weight excluding hydrogens is 258 g/mol. The predicted octanol–water partition coefficient (Wildman–Crippen LogP) is 2.66. The highest BCUT2D eigenvalue weighted by molar-refractivity contribution is 9.10. The molecule has 74 valence electrons. The van der Waals surface area contributed by atoms with E-state index in [1.54, 1.807) is 6.07 Å². The van der Waals surface area contributed by atoms with E-state index in [1.165, 1.54) is 13.2 Å². The molecule has 6 heteroatoms. The number of nitrogens with zero attached hydrogens (tertiary/aromatic N) is 2. The molecule has 0 aromatic carbocycles. The van der Waals surface area contributed by atoms with Crippen LogP contribution in [0.1, 0.15) is 17.8 Å². The van der Waals surface area contributed by atoms with E-state index in [-0.39, 0.29) is 11.4 Å². The van der Waals surface area contributed by atoms with Crippen molar-refractivity contribution in [3.05, 3.63) is 21.9 Å². The molecule has 0 unspecified atom stereocenters. The molecule has 0 radical (unpaired) electrons. The van der Waals surface area contributed by atoms with E-state index in [2.05, 4.69) is 20.9 Å². The van der Waals surface area contributed by atoms with E-state index in [9.17, 15) is 8.78 Å². The second-order valence-corrected chi connectivity index (χ2v) is 3.17. The molecule has 0 fully saturated rings. The molecule has 0 aliphatic rings. The van der Waals surface area contributed by atoms with Gasteiger partial charge >= 0.3 is 0 Å². The molecule has 1 heterocycles. The predicted molar refractivity (Wildman–Crippen MR) is 48.2 cm³/mol. The van der Waals surface area contributed by atoms with E-state index in [0.29, 0.717) is 4.47 Å². The normalized spacial score (nSPS) is 10.0. The average molecular weight is 263 g/mol. The highest BCUT2D eigenvalue weighted by Gasteiger charge is 2.19. The van der Waals surface area contributed by atoms with Gasteiger partial charge in [0.2, 0.25) is 0 Å². The summed E-state index contributed by atoms with van der Waals surface area (Å²) < 4.78 is 29.9. The Morgan fingerprint density at radius 1 is 1.64 bits per heavy atom. The van der Waals surface area contributed by atoms with Crippen LogP contribution in [0.2, 0.25) is 0 Å². The standard InChI is InChI=1S/C8H5BrF2N2O/c1-14-7-5(9)2-4(3-12)13-6(7)8(10)11/h2,8H,1H3. The lowest BCUT2D eigenvalue weighted by Gasteiger charge is -2.08. The number of rotatable bonds is 2. The zero-order chi connectivity index (χ0) is 10.7. The second kappa shape index (κ2) is 4.33. The molecule has 3 nitrogen and oxygen atoms in total. The van der Waals surface area contributed by atoms with Crippen LogP contribution < -0.4 is 4.74 Å². The maximum Gasteiger partial charge on any atom is 0.284 e. The van der Waals surface area contributed by atoms with Crippen LogP contribution in [-0.4, -0.2) is 12.1 Å². The number of alkyl halides is 2. The topological polar surface area (TPSA) is 45.9 Å². The quantitative estimate of drug-likeness (QED) is 0.823. The minimum absolute atomic E-state index is 0.0426. The first-order valence-electron chi connectivity index (χ1n) is 3.52. The minimum Gasteiger partial charge on any atom is -0.493 e. The Morgan fingerprint density at radius 2 is 2.29 bits per heavy atom. The molecule has 1 aromatic heterocycles. The fourth-order valence-electron chi connectivity index (χ4n) is 0.928. The number of nitriles is 1. The lowest BCUT2D eigenvalue weighted by Crippen LogP contribution is -1.99. The SMILES string of the molecule is COc1c(Br)cc(C#N)nc1C(F)F. The number of pyridine rings is 1. The van der Waals surface area contributed by atoms with Gasteiger partial charge in [-0.1, -0.05) is 0 Å². The van der Waals surface area contributed by atoms with Crippen molar-refractivity contribution in [3.8, 4) is 11.8 Å². The van der Waals surface area contributed by atoms with Crippen molar-refractivity contribution >= 4 is 15.9 Å². The Hall–Kier alpha value is -1.22. The molecule has 14 heavy (non-hydrogen) atoms. The summed E-state index contributed by atoms with van der Waals surface area (Å²) in [5, 5.41) is 8.51. The summed E-state index contributed by atoms with van der Waals surface area (Å²) in [4.78, 5) is 3.46. The monoisotopic (exact) mass is 262 g/mol. The first-order valence-corrected chi connectivity index (χ1v) is 4.32. The van der Waals surface area contributed by atoms with Crippen LogP contribution in [0.25, 0.3) is 0 Å². The average Bonchev–Trinajstić information content (AvgIpc) is 2.16. The van der Waals surface area contributed by atoms with Crippen LogP contribution in [0.4, 0.5) is 8.78 Å². The molecule has 0 bridgehead atoms. The molecule has 1 aromatic rings. The molecule has 0 amide bonds. The van der Waals surface area contributed by atoms with E-state index in [4.69, 9.17) is 10.00 Å². The van der Waals surface area contributed by atoms with Gasteiger partial charge in [-0.25, -0.2) is 13.8 Å². The number of aromatic nitrogens is 1. The molecule has 0 aliphatic carbocycles. The van der Waals surface area contributed by atoms with E-state index < -0.39 is 12.1 Å².